The van der Waals surface area contributed by atoms with Crippen molar-refractivity contribution in [1.82, 2.24) is 0 Å². The highest BCUT2D eigenvalue weighted by Crippen LogP contribution is 2.22. The monoisotopic (exact) mass is 338 g/mol. The van der Waals surface area contributed by atoms with Crippen LogP contribution in [-0.2, 0) is 9.59 Å². The largest absolute Gasteiger partial charge is 0.426 e. The van der Waals surface area contributed by atoms with E-state index in [4.69, 9.17) is 9.47 Å². The van der Waals surface area contributed by atoms with E-state index in [1.165, 1.54) is 0 Å². The van der Waals surface area contributed by atoms with Crippen LogP contribution in [0.15, 0.2) is 48.6 Å². The average molecular weight is 338 g/mol. The first-order chi connectivity index (χ1) is 11.8. The molecular formula is C21H22O4. The number of carbonyl (C=O) groups excluding carboxylic acids is 2. The molecule has 0 amide bonds. The Balaban J connectivity index is 1.98. The molecule has 0 aliphatic carbocycles. The van der Waals surface area contributed by atoms with Gasteiger partial charge in [-0.2, -0.15) is 0 Å². The van der Waals surface area contributed by atoms with Crippen LogP contribution in [0.2, 0.25) is 0 Å². The van der Waals surface area contributed by atoms with Crippen LogP contribution in [0.4, 0.5) is 0 Å². The zero-order valence-corrected chi connectivity index (χ0v) is 15.0. The minimum absolute atomic E-state index is 0.0520. The number of carbonyl (C=O) groups is 2. The molecule has 0 saturated heterocycles. The molecule has 2 rings (SSSR count). The molecule has 2 aromatic rings. The molecule has 0 fully saturated rings. The molecule has 0 unspecified atom stereocenters. The maximum absolute atomic E-state index is 12.2. The van der Waals surface area contributed by atoms with Crippen molar-refractivity contribution in [3.8, 4) is 11.5 Å². The third-order valence-electron chi connectivity index (χ3n) is 3.76. The molecule has 25 heavy (non-hydrogen) atoms. The summed E-state index contributed by atoms with van der Waals surface area (Å²) >= 11 is 0. The first-order valence-corrected chi connectivity index (χ1v) is 8.01. The molecule has 2 aromatic carbocycles. The van der Waals surface area contributed by atoms with Crippen LogP contribution >= 0.6 is 0 Å². The third-order valence-corrected chi connectivity index (χ3v) is 3.76. The number of hydrogen-bond donors (Lipinski definition) is 0. The number of ether oxygens (including phenoxy) is 2. The molecule has 4 heteroatoms. The van der Waals surface area contributed by atoms with E-state index in [9.17, 15) is 9.59 Å². The van der Waals surface area contributed by atoms with E-state index in [0.717, 1.165) is 22.3 Å². The van der Waals surface area contributed by atoms with Crippen molar-refractivity contribution in [1.29, 1.82) is 0 Å². The molecule has 0 N–H and O–H groups in total. The van der Waals surface area contributed by atoms with E-state index in [-0.39, 0.29) is 12.0 Å². The van der Waals surface area contributed by atoms with E-state index >= 15 is 0 Å². The van der Waals surface area contributed by atoms with Gasteiger partial charge in [-0.3, -0.25) is 4.79 Å². The highest BCUT2D eigenvalue weighted by atomic mass is 16.5. The normalized spacial score (nSPS) is 10.2. The summed E-state index contributed by atoms with van der Waals surface area (Å²) in [6.45, 7) is 11.2. The SMILES string of the molecule is C=C(CC(=O)Oc1cc(C)ccc1C)C(=O)Oc1cc(C)ccc1C. The molecule has 0 aliphatic rings. The van der Waals surface area contributed by atoms with Crippen molar-refractivity contribution in [2.45, 2.75) is 34.1 Å². The van der Waals surface area contributed by atoms with Gasteiger partial charge in [-0.05, 0) is 62.1 Å². The summed E-state index contributed by atoms with van der Waals surface area (Å²) in [7, 11) is 0. The van der Waals surface area contributed by atoms with E-state index in [1.54, 1.807) is 12.1 Å². The Hall–Kier alpha value is -2.88. The molecule has 0 atom stereocenters. The van der Waals surface area contributed by atoms with Crippen molar-refractivity contribution < 1.29 is 19.1 Å². The van der Waals surface area contributed by atoms with Crippen LogP contribution in [-0.4, -0.2) is 11.9 Å². The third kappa shape index (κ3) is 5.05. The number of hydrogen-bond acceptors (Lipinski definition) is 4. The van der Waals surface area contributed by atoms with Gasteiger partial charge in [0, 0.05) is 5.57 Å². The van der Waals surface area contributed by atoms with Crippen LogP contribution in [0.25, 0.3) is 0 Å². The zero-order valence-electron chi connectivity index (χ0n) is 15.0. The number of rotatable bonds is 5. The lowest BCUT2D eigenvalue weighted by molar-refractivity contribution is -0.136. The summed E-state index contributed by atoms with van der Waals surface area (Å²) in [5.41, 5.74) is 3.71. The van der Waals surface area contributed by atoms with Gasteiger partial charge in [0.05, 0.1) is 6.42 Å². The fourth-order valence-corrected chi connectivity index (χ4v) is 2.21. The van der Waals surface area contributed by atoms with Crippen LogP contribution in [0.5, 0.6) is 11.5 Å². The summed E-state index contributed by atoms with van der Waals surface area (Å²) in [6.07, 6.45) is -0.225. The first-order valence-electron chi connectivity index (χ1n) is 8.01. The van der Waals surface area contributed by atoms with Crippen LogP contribution in [0, 0.1) is 27.7 Å². The lowest BCUT2D eigenvalue weighted by Crippen LogP contribution is -2.17. The highest BCUT2D eigenvalue weighted by molar-refractivity contribution is 5.95. The van der Waals surface area contributed by atoms with Crippen molar-refractivity contribution in [2.75, 3.05) is 0 Å². The minimum Gasteiger partial charge on any atom is -0.426 e. The maximum atomic E-state index is 12.2. The Kier molecular flexibility index (Phi) is 5.75. The van der Waals surface area contributed by atoms with Gasteiger partial charge in [0.15, 0.2) is 0 Å². The molecule has 0 spiro atoms. The number of aryl methyl sites for hydroxylation is 4. The van der Waals surface area contributed by atoms with E-state index in [0.29, 0.717) is 11.5 Å². The summed E-state index contributed by atoms with van der Waals surface area (Å²) in [6, 6.07) is 11.2. The molecule has 0 heterocycles. The van der Waals surface area contributed by atoms with Crippen LogP contribution in [0.3, 0.4) is 0 Å². The maximum Gasteiger partial charge on any atom is 0.339 e. The number of benzene rings is 2. The van der Waals surface area contributed by atoms with Gasteiger partial charge in [0.2, 0.25) is 0 Å². The lowest BCUT2D eigenvalue weighted by Gasteiger charge is -2.11. The summed E-state index contributed by atoms with van der Waals surface area (Å²) in [4.78, 5) is 24.2. The summed E-state index contributed by atoms with van der Waals surface area (Å²) in [5.74, 6) is -0.224. The van der Waals surface area contributed by atoms with Gasteiger partial charge < -0.3 is 9.47 Å². The molecular weight excluding hydrogens is 316 g/mol. The summed E-state index contributed by atoms with van der Waals surface area (Å²) in [5, 5.41) is 0. The topological polar surface area (TPSA) is 52.6 Å². The quantitative estimate of drug-likeness (QED) is 0.461. The average Bonchev–Trinajstić information content (AvgIpc) is 2.54. The molecule has 130 valence electrons. The van der Waals surface area contributed by atoms with Gasteiger partial charge in [0.25, 0.3) is 0 Å². The van der Waals surface area contributed by atoms with Crippen LogP contribution in [0.1, 0.15) is 28.7 Å². The van der Waals surface area contributed by atoms with E-state index < -0.39 is 11.9 Å². The Bertz CT molecular complexity index is 834. The molecule has 0 bridgehead atoms. The highest BCUT2D eigenvalue weighted by Gasteiger charge is 2.17. The van der Waals surface area contributed by atoms with Gasteiger partial charge in [-0.25, -0.2) is 4.79 Å². The molecule has 0 radical (unpaired) electrons. The van der Waals surface area contributed by atoms with Gasteiger partial charge >= 0.3 is 11.9 Å². The van der Waals surface area contributed by atoms with E-state index in [1.807, 2.05) is 52.0 Å². The standard InChI is InChI=1S/C21H22O4/c1-13-6-8-15(3)18(10-13)24-20(22)12-17(5)21(23)25-19-11-14(2)7-9-16(19)4/h6-11H,5,12H2,1-4H3. The predicted octanol–water partition coefficient (Wildman–Crippen LogP) is 4.38. The minimum atomic E-state index is -0.633. The Morgan fingerprint density at radius 3 is 1.84 bits per heavy atom. The first kappa shape index (κ1) is 18.5. The van der Waals surface area contributed by atoms with Crippen molar-refractivity contribution in [3.63, 3.8) is 0 Å². The Morgan fingerprint density at radius 2 is 1.32 bits per heavy atom. The van der Waals surface area contributed by atoms with Gasteiger partial charge in [0.1, 0.15) is 11.5 Å². The second-order valence-corrected chi connectivity index (χ2v) is 6.18. The Morgan fingerprint density at radius 1 is 0.840 bits per heavy atom. The second kappa shape index (κ2) is 7.79. The molecule has 0 saturated carbocycles. The zero-order chi connectivity index (χ0) is 18.6. The van der Waals surface area contributed by atoms with Crippen LogP contribution < -0.4 is 9.47 Å². The fourth-order valence-electron chi connectivity index (χ4n) is 2.21. The van der Waals surface area contributed by atoms with E-state index in [2.05, 4.69) is 6.58 Å². The second-order valence-electron chi connectivity index (χ2n) is 6.18. The number of esters is 2. The lowest BCUT2D eigenvalue weighted by atomic mass is 10.1. The van der Waals surface area contributed by atoms with Crippen molar-refractivity contribution in [2.24, 2.45) is 0 Å². The Labute approximate surface area is 148 Å². The molecule has 0 aromatic heterocycles. The predicted molar refractivity (Wildman–Crippen MR) is 96.9 cm³/mol. The van der Waals surface area contributed by atoms with Gasteiger partial charge in [-0.15, -0.1) is 0 Å². The smallest absolute Gasteiger partial charge is 0.339 e. The van der Waals surface area contributed by atoms with Crippen molar-refractivity contribution in [3.05, 3.63) is 70.8 Å². The molecule has 4 nitrogen and oxygen atoms in total. The fraction of sp³-hybridized carbons (Fsp3) is 0.238. The van der Waals surface area contributed by atoms with Gasteiger partial charge in [-0.1, -0.05) is 30.8 Å². The summed E-state index contributed by atoms with van der Waals surface area (Å²) < 4.78 is 10.7. The molecule has 0 aliphatic heterocycles. The van der Waals surface area contributed by atoms with Crippen molar-refractivity contribution >= 4 is 11.9 Å².